The quantitative estimate of drug-likeness (QED) is 0.691. The molecule has 1 aliphatic rings. The zero-order valence-electron chi connectivity index (χ0n) is 15.4. The average molecular weight is 384 g/mol. The summed E-state index contributed by atoms with van der Waals surface area (Å²) in [7, 11) is 1.72. The highest BCUT2D eigenvalue weighted by molar-refractivity contribution is 7.22. The van der Waals surface area contributed by atoms with Gasteiger partial charge in [0.2, 0.25) is 11.8 Å². The van der Waals surface area contributed by atoms with Crippen molar-refractivity contribution in [2.24, 2.45) is 5.92 Å². The highest BCUT2D eigenvalue weighted by Gasteiger charge is 2.37. The first-order valence-corrected chi connectivity index (χ1v) is 9.57. The molecule has 0 bridgehead atoms. The zero-order valence-corrected chi connectivity index (χ0v) is 16.2. The second-order valence-electron chi connectivity index (χ2n) is 7.00. The molecule has 0 radical (unpaired) electrons. The van der Waals surface area contributed by atoms with Crippen LogP contribution in [-0.4, -0.2) is 40.4 Å². The molecule has 0 spiro atoms. The Bertz CT molecular complexity index is 1030. The van der Waals surface area contributed by atoms with Crippen LogP contribution in [0.1, 0.15) is 23.4 Å². The van der Waals surface area contributed by atoms with E-state index in [1.54, 1.807) is 22.9 Å². The minimum Gasteiger partial charge on any atom is -0.361 e. The van der Waals surface area contributed by atoms with Crippen molar-refractivity contribution in [3.63, 3.8) is 0 Å². The van der Waals surface area contributed by atoms with Crippen molar-refractivity contribution in [2.75, 3.05) is 18.5 Å². The van der Waals surface area contributed by atoms with Crippen molar-refractivity contribution >= 4 is 38.5 Å². The van der Waals surface area contributed by atoms with Gasteiger partial charge in [0, 0.05) is 26.1 Å². The molecule has 1 aromatic carbocycles. The number of aryl methyl sites for hydroxylation is 2. The molecule has 3 heterocycles. The van der Waals surface area contributed by atoms with E-state index in [9.17, 15) is 9.59 Å². The van der Waals surface area contributed by atoms with Crippen molar-refractivity contribution in [1.29, 1.82) is 0 Å². The molecule has 2 amide bonds. The summed E-state index contributed by atoms with van der Waals surface area (Å²) in [6.07, 6.45) is 0.204. The fourth-order valence-electron chi connectivity index (χ4n) is 3.32. The Balaban J connectivity index is 1.48. The number of benzene rings is 1. The monoisotopic (exact) mass is 384 g/mol. The van der Waals surface area contributed by atoms with Crippen LogP contribution in [0.3, 0.4) is 0 Å². The third-order valence-electron chi connectivity index (χ3n) is 4.69. The fourth-order valence-corrected chi connectivity index (χ4v) is 4.41. The predicted molar refractivity (Wildman–Crippen MR) is 103 cm³/mol. The largest absolute Gasteiger partial charge is 0.361 e. The van der Waals surface area contributed by atoms with Gasteiger partial charge in [-0.05, 0) is 31.5 Å². The van der Waals surface area contributed by atoms with Crippen LogP contribution >= 0.6 is 11.3 Å². The third kappa shape index (κ3) is 3.44. The van der Waals surface area contributed by atoms with E-state index < -0.39 is 0 Å². The second-order valence-corrected chi connectivity index (χ2v) is 8.01. The van der Waals surface area contributed by atoms with Gasteiger partial charge in [0.15, 0.2) is 5.13 Å². The van der Waals surface area contributed by atoms with Gasteiger partial charge in [-0.3, -0.25) is 14.5 Å². The number of rotatable bonds is 4. The summed E-state index contributed by atoms with van der Waals surface area (Å²) in [4.78, 5) is 33.1. The number of carbonyl (C=O) groups excluding carboxylic acids is 2. The number of amides is 2. The highest BCUT2D eigenvalue weighted by Crippen LogP contribution is 2.33. The van der Waals surface area contributed by atoms with Crippen LogP contribution in [0.2, 0.25) is 0 Å². The van der Waals surface area contributed by atoms with Crippen LogP contribution in [0.4, 0.5) is 5.13 Å². The first kappa shape index (κ1) is 17.7. The summed E-state index contributed by atoms with van der Waals surface area (Å²) >= 11 is 1.49. The first-order chi connectivity index (χ1) is 12.9. The second kappa shape index (κ2) is 6.77. The molecule has 0 aliphatic carbocycles. The van der Waals surface area contributed by atoms with Gasteiger partial charge < -0.3 is 9.42 Å². The van der Waals surface area contributed by atoms with Crippen LogP contribution in [0, 0.1) is 19.8 Å². The molecule has 1 aliphatic heterocycles. The van der Waals surface area contributed by atoms with Crippen molar-refractivity contribution in [3.05, 3.63) is 41.3 Å². The summed E-state index contributed by atoms with van der Waals surface area (Å²) < 4.78 is 6.09. The molecular formula is C19H20N4O3S. The molecule has 8 heteroatoms. The Labute approximate surface area is 160 Å². The lowest BCUT2D eigenvalue weighted by Crippen LogP contribution is -2.34. The Hall–Kier alpha value is -2.74. The van der Waals surface area contributed by atoms with Crippen LogP contribution in [-0.2, 0) is 16.1 Å². The number of anilines is 1. The van der Waals surface area contributed by atoms with Crippen molar-refractivity contribution in [3.8, 4) is 0 Å². The third-order valence-corrected chi connectivity index (χ3v) is 5.73. The van der Waals surface area contributed by atoms with Crippen molar-refractivity contribution < 1.29 is 14.1 Å². The van der Waals surface area contributed by atoms with E-state index in [2.05, 4.69) is 16.2 Å². The minimum absolute atomic E-state index is 0.0604. The van der Waals surface area contributed by atoms with Gasteiger partial charge in [0.05, 0.1) is 22.7 Å². The lowest BCUT2D eigenvalue weighted by molar-refractivity contribution is -0.135. The smallest absolute Gasteiger partial charge is 0.229 e. The van der Waals surface area contributed by atoms with E-state index in [1.165, 1.54) is 11.3 Å². The lowest BCUT2D eigenvalue weighted by Gasteiger charge is -2.19. The lowest BCUT2D eigenvalue weighted by atomic mass is 10.1. The van der Waals surface area contributed by atoms with E-state index in [0.717, 1.165) is 15.8 Å². The molecule has 27 heavy (non-hydrogen) atoms. The number of hydrogen-bond donors (Lipinski definition) is 0. The fraction of sp³-hybridized carbons (Fsp3) is 0.368. The Kier molecular flexibility index (Phi) is 4.43. The Morgan fingerprint density at radius 1 is 1.37 bits per heavy atom. The van der Waals surface area contributed by atoms with E-state index >= 15 is 0 Å². The molecule has 1 fully saturated rings. The SMILES string of the molecule is Cc1ccc2nc(N3CC(C(=O)N(C)Cc4cc(C)on4)CC3=O)sc2c1. The van der Waals surface area contributed by atoms with Crippen LogP contribution in [0.15, 0.2) is 28.8 Å². The van der Waals surface area contributed by atoms with Gasteiger partial charge >= 0.3 is 0 Å². The Morgan fingerprint density at radius 3 is 2.93 bits per heavy atom. The van der Waals surface area contributed by atoms with Crippen LogP contribution < -0.4 is 4.90 Å². The van der Waals surface area contributed by atoms with Gasteiger partial charge in [-0.25, -0.2) is 4.98 Å². The summed E-state index contributed by atoms with van der Waals surface area (Å²) in [6, 6.07) is 7.83. The number of hydrogen-bond acceptors (Lipinski definition) is 6. The number of nitrogens with zero attached hydrogens (tertiary/aromatic N) is 4. The number of carbonyl (C=O) groups is 2. The average Bonchev–Trinajstić information content (AvgIpc) is 3.32. The molecule has 2 aromatic heterocycles. The molecule has 4 rings (SSSR count). The topological polar surface area (TPSA) is 79.5 Å². The molecule has 1 saturated heterocycles. The van der Waals surface area contributed by atoms with E-state index in [0.29, 0.717) is 29.7 Å². The highest BCUT2D eigenvalue weighted by atomic mass is 32.1. The Morgan fingerprint density at radius 2 is 2.19 bits per heavy atom. The summed E-state index contributed by atoms with van der Waals surface area (Å²) in [5.41, 5.74) is 2.73. The standard InChI is InChI=1S/C19H20N4O3S/c1-11-4-5-15-16(6-11)27-19(20-15)23-9-13(8-17(23)24)18(25)22(3)10-14-7-12(2)26-21-14/h4-7,13H,8-10H2,1-3H3. The summed E-state index contributed by atoms with van der Waals surface area (Å²) in [5, 5.41) is 4.58. The molecule has 0 saturated carbocycles. The van der Waals surface area contributed by atoms with Gasteiger partial charge in [-0.2, -0.15) is 0 Å². The summed E-state index contributed by atoms with van der Waals surface area (Å²) in [5.74, 6) is 0.210. The van der Waals surface area contributed by atoms with Gasteiger partial charge in [-0.15, -0.1) is 0 Å². The molecule has 1 atom stereocenters. The molecule has 0 N–H and O–H groups in total. The maximum absolute atomic E-state index is 12.8. The van der Waals surface area contributed by atoms with Gasteiger partial charge in [0.1, 0.15) is 11.5 Å². The number of thiazole rings is 1. The number of fused-ring (bicyclic) bond motifs is 1. The van der Waals surface area contributed by atoms with E-state index in [-0.39, 0.29) is 24.2 Å². The zero-order chi connectivity index (χ0) is 19.1. The summed E-state index contributed by atoms with van der Waals surface area (Å²) in [6.45, 7) is 4.56. The van der Waals surface area contributed by atoms with Crippen LogP contribution in [0.5, 0.6) is 0 Å². The van der Waals surface area contributed by atoms with E-state index in [4.69, 9.17) is 4.52 Å². The molecule has 1 unspecified atom stereocenters. The van der Waals surface area contributed by atoms with Gasteiger partial charge in [-0.1, -0.05) is 22.6 Å². The molecule has 3 aromatic rings. The van der Waals surface area contributed by atoms with Crippen molar-refractivity contribution in [2.45, 2.75) is 26.8 Å². The van der Waals surface area contributed by atoms with Crippen LogP contribution in [0.25, 0.3) is 10.2 Å². The van der Waals surface area contributed by atoms with Crippen molar-refractivity contribution in [1.82, 2.24) is 15.0 Å². The number of aromatic nitrogens is 2. The first-order valence-electron chi connectivity index (χ1n) is 8.75. The minimum atomic E-state index is -0.371. The molecule has 7 nitrogen and oxygen atoms in total. The van der Waals surface area contributed by atoms with E-state index in [1.807, 2.05) is 26.0 Å². The van der Waals surface area contributed by atoms with Gasteiger partial charge in [0.25, 0.3) is 0 Å². The normalized spacial score (nSPS) is 17.1. The molecule has 140 valence electrons. The molecular weight excluding hydrogens is 364 g/mol. The maximum atomic E-state index is 12.8. The predicted octanol–water partition coefficient (Wildman–Crippen LogP) is 2.91. The maximum Gasteiger partial charge on any atom is 0.229 e.